The third kappa shape index (κ3) is 6.06. The molecule has 1 saturated heterocycles. The van der Waals surface area contributed by atoms with Gasteiger partial charge in [0.05, 0.1) is 28.7 Å². The number of hydrogen-bond donors (Lipinski definition) is 1. The van der Waals surface area contributed by atoms with Gasteiger partial charge in [0.25, 0.3) is 5.69 Å². The van der Waals surface area contributed by atoms with Crippen molar-refractivity contribution in [3.05, 3.63) is 103 Å². The lowest BCUT2D eigenvalue weighted by Crippen LogP contribution is -2.55. The number of aliphatic imine (C=N–C) groups is 1. The predicted molar refractivity (Wildman–Crippen MR) is 158 cm³/mol. The van der Waals surface area contributed by atoms with Crippen LogP contribution in [0.1, 0.15) is 42.6 Å². The highest BCUT2D eigenvalue weighted by Crippen LogP contribution is 2.46. The Morgan fingerprint density at radius 1 is 1.12 bits per heavy atom. The summed E-state index contributed by atoms with van der Waals surface area (Å²) in [7, 11) is 0. The number of urea groups is 1. The van der Waals surface area contributed by atoms with Crippen LogP contribution in [0.5, 0.6) is 5.75 Å². The summed E-state index contributed by atoms with van der Waals surface area (Å²) in [6, 6.07) is 17.6. The summed E-state index contributed by atoms with van der Waals surface area (Å²) in [6.45, 7) is 4.18. The molecule has 2 heterocycles. The maximum Gasteiger partial charge on any atom is 0.326 e. The van der Waals surface area contributed by atoms with Gasteiger partial charge in [-0.15, -0.1) is 0 Å². The molecule has 3 aromatic carbocycles. The third-order valence-electron chi connectivity index (χ3n) is 6.78. The number of hydrogen-bond acceptors (Lipinski definition) is 6. The number of halogens is 2. The van der Waals surface area contributed by atoms with Crippen molar-refractivity contribution in [1.82, 2.24) is 15.1 Å². The Morgan fingerprint density at radius 3 is 2.44 bits per heavy atom. The van der Waals surface area contributed by atoms with Gasteiger partial charge < -0.3 is 15.0 Å². The molecule has 0 spiro atoms. The number of nitrogens with zero attached hydrogens (tertiary/aromatic N) is 4. The van der Waals surface area contributed by atoms with Crippen molar-refractivity contribution in [3.63, 3.8) is 0 Å². The fourth-order valence-electron chi connectivity index (χ4n) is 4.97. The van der Waals surface area contributed by atoms with Gasteiger partial charge in [0.2, 0.25) is 5.91 Å². The van der Waals surface area contributed by atoms with Crippen molar-refractivity contribution in [2.24, 2.45) is 4.99 Å². The highest BCUT2D eigenvalue weighted by Gasteiger charge is 2.45. The molecule has 2 aliphatic rings. The quantitative estimate of drug-likeness (QED) is 0.266. The molecule has 41 heavy (non-hydrogen) atoms. The van der Waals surface area contributed by atoms with E-state index in [0.29, 0.717) is 29.5 Å². The molecule has 2 atom stereocenters. The van der Waals surface area contributed by atoms with E-state index in [-0.39, 0.29) is 30.0 Å². The van der Waals surface area contributed by atoms with Crippen LogP contribution in [-0.2, 0) is 4.79 Å². The summed E-state index contributed by atoms with van der Waals surface area (Å²) in [5, 5.41) is 14.9. The van der Waals surface area contributed by atoms with Gasteiger partial charge in [0.1, 0.15) is 24.2 Å². The summed E-state index contributed by atoms with van der Waals surface area (Å²) in [6.07, 6.45) is -0.304. The van der Waals surface area contributed by atoms with Crippen LogP contribution in [0.3, 0.4) is 0 Å². The van der Waals surface area contributed by atoms with Crippen LogP contribution in [0.4, 0.5) is 10.5 Å². The van der Waals surface area contributed by atoms with Crippen LogP contribution in [-0.4, -0.2) is 58.2 Å². The highest BCUT2D eigenvalue weighted by molar-refractivity contribution is 9.10. The number of nitrogens with one attached hydrogen (secondary N) is 1. The molecule has 3 amide bonds. The molecule has 5 rings (SSSR count). The van der Waals surface area contributed by atoms with Gasteiger partial charge in [-0.3, -0.25) is 24.8 Å². The van der Waals surface area contributed by atoms with E-state index in [9.17, 15) is 19.7 Å². The number of piperazine rings is 1. The smallest absolute Gasteiger partial charge is 0.326 e. The normalized spacial score (nSPS) is 18.8. The summed E-state index contributed by atoms with van der Waals surface area (Å²) < 4.78 is 6.90. The predicted octanol–water partition coefficient (Wildman–Crippen LogP) is 5.89. The van der Waals surface area contributed by atoms with E-state index < -0.39 is 23.0 Å². The number of rotatable bonds is 6. The maximum absolute atomic E-state index is 14.3. The van der Waals surface area contributed by atoms with E-state index >= 15 is 0 Å². The number of ether oxygens (including phenoxy) is 1. The molecule has 0 aromatic heterocycles. The van der Waals surface area contributed by atoms with E-state index in [1.54, 1.807) is 23.1 Å². The van der Waals surface area contributed by atoms with E-state index in [1.165, 1.54) is 17.0 Å². The molecule has 0 aliphatic carbocycles. The summed E-state index contributed by atoms with van der Waals surface area (Å²) in [5.74, 6) is 0.267. The number of carbonyl (C=O) groups is 2. The van der Waals surface area contributed by atoms with E-state index in [1.807, 2.05) is 50.2 Å². The molecule has 10 nitrogen and oxygen atoms in total. The minimum absolute atomic E-state index is 0.100. The standard InChI is InChI=1S/C29H27BrClN5O5/c1-17(2)41-24-15-22(36(39)40)11-12-23(24)28-33-26(18-5-9-21(31)10-6-18)27(19-3-7-20(30)8-4-19)35(28)29(38)34-14-13-32-25(37)16-34/h3-12,15,17,26-27H,13-14,16H2,1-2H3,(H,32,37)/t26-,27+/m0/s1. The monoisotopic (exact) mass is 639 g/mol. The second kappa shape index (κ2) is 11.9. The van der Waals surface area contributed by atoms with Crippen molar-refractivity contribution in [2.75, 3.05) is 19.6 Å². The summed E-state index contributed by atoms with van der Waals surface area (Å²) in [4.78, 5) is 45.9. The third-order valence-corrected chi connectivity index (χ3v) is 7.57. The highest BCUT2D eigenvalue weighted by atomic mass is 79.9. The first-order valence-electron chi connectivity index (χ1n) is 13.0. The van der Waals surface area contributed by atoms with E-state index in [4.69, 9.17) is 21.3 Å². The fourth-order valence-corrected chi connectivity index (χ4v) is 5.36. The second-order valence-corrected chi connectivity index (χ2v) is 11.3. The molecule has 12 heteroatoms. The Morgan fingerprint density at radius 2 is 1.80 bits per heavy atom. The lowest BCUT2D eigenvalue weighted by Gasteiger charge is -2.35. The zero-order valence-corrected chi connectivity index (χ0v) is 24.6. The number of nitro groups is 1. The molecule has 0 bridgehead atoms. The van der Waals surface area contributed by atoms with Crippen LogP contribution in [0, 0.1) is 10.1 Å². The number of nitro benzene ring substituents is 1. The minimum atomic E-state index is -0.598. The molecule has 2 aliphatic heterocycles. The van der Waals surface area contributed by atoms with Crippen LogP contribution >= 0.6 is 27.5 Å². The van der Waals surface area contributed by atoms with Crippen molar-refractivity contribution in [2.45, 2.75) is 32.0 Å². The average molecular weight is 641 g/mol. The van der Waals surface area contributed by atoms with Crippen molar-refractivity contribution in [1.29, 1.82) is 0 Å². The summed E-state index contributed by atoms with van der Waals surface area (Å²) in [5.41, 5.74) is 1.92. The Hall–Kier alpha value is -3.96. The SMILES string of the molecule is CC(C)Oc1cc([N+](=O)[O-])ccc1C1=N[C@@H](c2ccc(Cl)cc2)[C@@H](c2ccc(Br)cc2)N1C(=O)N1CCNC(=O)C1. The number of benzene rings is 3. The average Bonchev–Trinajstić information content (AvgIpc) is 3.33. The van der Waals surface area contributed by atoms with Gasteiger partial charge >= 0.3 is 6.03 Å². The van der Waals surface area contributed by atoms with Gasteiger partial charge in [-0.2, -0.15) is 0 Å². The molecular weight excluding hydrogens is 614 g/mol. The van der Waals surface area contributed by atoms with Crippen molar-refractivity contribution in [3.8, 4) is 5.75 Å². The Kier molecular flexibility index (Phi) is 8.27. The van der Waals surface area contributed by atoms with E-state index in [0.717, 1.165) is 15.6 Å². The first-order chi connectivity index (χ1) is 19.6. The topological polar surface area (TPSA) is 117 Å². The van der Waals surface area contributed by atoms with Crippen LogP contribution in [0.2, 0.25) is 5.02 Å². The molecule has 0 unspecified atom stereocenters. The lowest BCUT2D eigenvalue weighted by atomic mass is 9.93. The molecule has 0 saturated carbocycles. The van der Waals surface area contributed by atoms with Crippen LogP contribution in [0.15, 0.2) is 76.2 Å². The lowest BCUT2D eigenvalue weighted by molar-refractivity contribution is -0.384. The van der Waals surface area contributed by atoms with Gasteiger partial charge in [-0.05, 0) is 55.3 Å². The van der Waals surface area contributed by atoms with E-state index in [2.05, 4.69) is 21.2 Å². The van der Waals surface area contributed by atoms with Gasteiger partial charge in [-0.1, -0.05) is 51.8 Å². The Bertz CT molecular complexity index is 1510. The van der Waals surface area contributed by atoms with Gasteiger partial charge in [0, 0.05) is 28.7 Å². The zero-order valence-electron chi connectivity index (χ0n) is 22.3. The second-order valence-electron chi connectivity index (χ2n) is 9.97. The van der Waals surface area contributed by atoms with Gasteiger partial charge in [0.15, 0.2) is 0 Å². The molecule has 0 radical (unpaired) electrons. The molecule has 212 valence electrons. The molecule has 1 fully saturated rings. The van der Waals surface area contributed by atoms with Crippen LogP contribution in [0.25, 0.3) is 0 Å². The molecule has 1 N–H and O–H groups in total. The Balaban J connectivity index is 1.72. The molecular formula is C29H27BrClN5O5. The van der Waals surface area contributed by atoms with Gasteiger partial charge in [-0.25, -0.2) is 4.79 Å². The first kappa shape index (κ1) is 28.6. The Labute approximate surface area is 250 Å². The number of non-ortho nitro benzene ring substituents is 1. The van der Waals surface area contributed by atoms with Crippen molar-refractivity contribution < 1.29 is 19.2 Å². The molecule has 3 aromatic rings. The largest absolute Gasteiger partial charge is 0.490 e. The maximum atomic E-state index is 14.3. The van der Waals surface area contributed by atoms with Crippen molar-refractivity contribution >= 4 is 51.0 Å². The number of amidine groups is 1. The summed E-state index contributed by atoms with van der Waals surface area (Å²) >= 11 is 9.68. The fraction of sp³-hybridized carbons (Fsp3) is 0.276. The number of amides is 3. The minimum Gasteiger partial charge on any atom is -0.490 e. The number of carbonyl (C=O) groups excluding carboxylic acids is 2. The first-order valence-corrected chi connectivity index (χ1v) is 14.2. The zero-order chi connectivity index (χ0) is 29.3. The van der Waals surface area contributed by atoms with Crippen LogP contribution < -0.4 is 10.1 Å².